The Balaban J connectivity index is 2.09. The lowest BCUT2D eigenvalue weighted by Crippen LogP contribution is -2.69. The zero-order valence-corrected chi connectivity index (χ0v) is 15.4. The number of anilines is 1. The van der Waals surface area contributed by atoms with Gasteiger partial charge in [-0.05, 0) is 31.2 Å². The molecule has 1 aliphatic heterocycles. The maximum atomic E-state index is 14.0. The lowest BCUT2D eigenvalue weighted by molar-refractivity contribution is -0.194. The molecular weight excluding hydrogens is 418 g/mol. The van der Waals surface area contributed by atoms with Crippen molar-refractivity contribution in [1.82, 2.24) is 10.0 Å². The number of amides is 3. The highest BCUT2D eigenvalue weighted by Gasteiger charge is 2.70. The van der Waals surface area contributed by atoms with E-state index in [9.17, 15) is 35.6 Å². The summed E-state index contributed by atoms with van der Waals surface area (Å²) in [4.78, 5) is 24.1. The van der Waals surface area contributed by atoms with Crippen molar-refractivity contribution < 1.29 is 35.6 Å². The van der Waals surface area contributed by atoms with Gasteiger partial charge >= 0.3 is 12.2 Å². The quantitative estimate of drug-likeness (QED) is 0.574. The summed E-state index contributed by atoms with van der Waals surface area (Å²) in [7, 11) is -4.90. The SMILES string of the molecule is Cc1ccc(S(=O)(=O)N[C@@]2(C(F)(F)F)NC(=O)N(c3ccccc3F)C2=O)cc1. The van der Waals surface area contributed by atoms with Gasteiger partial charge in [0, 0.05) is 0 Å². The van der Waals surface area contributed by atoms with Crippen molar-refractivity contribution in [3.63, 3.8) is 0 Å². The third kappa shape index (κ3) is 3.44. The maximum Gasteiger partial charge on any atom is 0.435 e. The molecule has 1 saturated heterocycles. The molecule has 7 nitrogen and oxygen atoms in total. The average Bonchev–Trinajstić information content (AvgIpc) is 2.86. The van der Waals surface area contributed by atoms with Gasteiger partial charge < -0.3 is 5.32 Å². The first kappa shape index (κ1) is 20.7. The number of benzene rings is 2. The van der Waals surface area contributed by atoms with Crippen LogP contribution in [-0.4, -0.2) is 32.2 Å². The number of carbonyl (C=O) groups excluding carboxylic acids is 2. The van der Waals surface area contributed by atoms with Crippen molar-refractivity contribution in [2.24, 2.45) is 0 Å². The molecule has 29 heavy (non-hydrogen) atoms. The Kier molecular flexibility index (Phi) is 4.87. The summed E-state index contributed by atoms with van der Waals surface area (Å²) in [6, 6.07) is 7.27. The molecule has 0 radical (unpaired) electrons. The van der Waals surface area contributed by atoms with Crippen LogP contribution in [0, 0.1) is 12.7 Å². The maximum absolute atomic E-state index is 14.0. The normalized spacial score (nSPS) is 20.1. The highest BCUT2D eigenvalue weighted by molar-refractivity contribution is 7.89. The van der Waals surface area contributed by atoms with Crippen LogP contribution in [0.3, 0.4) is 0 Å². The lowest BCUT2D eigenvalue weighted by atomic mass is 10.1. The molecule has 12 heteroatoms. The van der Waals surface area contributed by atoms with Gasteiger partial charge in [-0.15, -0.1) is 0 Å². The fourth-order valence-corrected chi connectivity index (χ4v) is 3.95. The zero-order valence-electron chi connectivity index (χ0n) is 14.6. The molecule has 1 aliphatic rings. The van der Waals surface area contributed by atoms with E-state index in [1.165, 1.54) is 34.3 Å². The fraction of sp³-hybridized carbons (Fsp3) is 0.176. The van der Waals surface area contributed by atoms with E-state index in [2.05, 4.69) is 0 Å². The number of halogens is 4. The predicted molar refractivity (Wildman–Crippen MR) is 92.7 cm³/mol. The molecule has 0 aliphatic carbocycles. The first-order valence-electron chi connectivity index (χ1n) is 7.98. The van der Waals surface area contributed by atoms with Gasteiger partial charge in [0.25, 0.3) is 11.6 Å². The Hall–Kier alpha value is -2.99. The molecule has 2 N–H and O–H groups in total. The third-order valence-corrected chi connectivity index (χ3v) is 5.63. The van der Waals surface area contributed by atoms with Crippen molar-refractivity contribution >= 4 is 27.6 Å². The van der Waals surface area contributed by atoms with E-state index in [1.54, 1.807) is 6.92 Å². The van der Waals surface area contributed by atoms with E-state index in [-0.39, 0.29) is 4.90 Å². The van der Waals surface area contributed by atoms with Crippen molar-refractivity contribution in [3.8, 4) is 0 Å². The van der Waals surface area contributed by atoms with E-state index < -0.39 is 50.2 Å². The standard InChI is InChI=1S/C17H13F4N3O4S/c1-10-6-8-11(9-7-10)29(27,28)23-16(17(19,20)21)14(25)24(15(26)22-16)13-5-3-2-4-12(13)18/h2-9,23H,1H3,(H,22,26)/t16-/m0/s1. The molecular formula is C17H13F4N3O4S. The molecule has 3 rings (SSSR count). The Morgan fingerprint density at radius 1 is 1.03 bits per heavy atom. The van der Waals surface area contributed by atoms with Gasteiger partial charge in [-0.1, -0.05) is 29.8 Å². The topological polar surface area (TPSA) is 95.6 Å². The second kappa shape index (κ2) is 6.81. The molecule has 0 spiro atoms. The minimum Gasteiger partial charge on any atom is -0.302 e. The highest BCUT2D eigenvalue weighted by atomic mass is 32.2. The predicted octanol–water partition coefficient (Wildman–Crippen LogP) is 2.43. The van der Waals surface area contributed by atoms with Crippen LogP contribution < -0.4 is 14.9 Å². The van der Waals surface area contributed by atoms with Crippen LogP contribution in [0.15, 0.2) is 53.4 Å². The summed E-state index contributed by atoms with van der Waals surface area (Å²) in [5.74, 6) is -3.17. The summed E-state index contributed by atoms with van der Waals surface area (Å²) in [5.41, 5.74) is -4.11. The first-order chi connectivity index (χ1) is 13.4. The van der Waals surface area contributed by atoms with Crippen molar-refractivity contribution in [3.05, 3.63) is 59.9 Å². The fourth-order valence-electron chi connectivity index (χ4n) is 2.68. The van der Waals surface area contributed by atoms with E-state index in [4.69, 9.17) is 0 Å². The van der Waals surface area contributed by atoms with Gasteiger partial charge in [0.2, 0.25) is 10.0 Å². The second-order valence-corrected chi connectivity index (χ2v) is 7.87. The van der Waals surface area contributed by atoms with Crippen LogP contribution >= 0.6 is 0 Å². The summed E-state index contributed by atoms with van der Waals surface area (Å²) in [5, 5.41) is 1.33. The summed E-state index contributed by atoms with van der Waals surface area (Å²) in [6.07, 6.45) is -5.57. The van der Waals surface area contributed by atoms with Crippen LogP contribution in [0.4, 0.5) is 28.0 Å². The van der Waals surface area contributed by atoms with Gasteiger partial charge in [0.15, 0.2) is 0 Å². The van der Waals surface area contributed by atoms with Gasteiger partial charge in [-0.25, -0.2) is 22.5 Å². The van der Waals surface area contributed by atoms with Crippen LogP contribution in [0.1, 0.15) is 5.56 Å². The number of hydrogen-bond acceptors (Lipinski definition) is 4. The minimum atomic E-state index is -5.57. The Morgan fingerprint density at radius 3 is 2.17 bits per heavy atom. The van der Waals surface area contributed by atoms with Crippen LogP contribution in [0.25, 0.3) is 0 Å². The monoisotopic (exact) mass is 431 g/mol. The van der Waals surface area contributed by atoms with Crippen LogP contribution in [-0.2, 0) is 14.8 Å². The first-order valence-corrected chi connectivity index (χ1v) is 9.46. The van der Waals surface area contributed by atoms with Crippen LogP contribution in [0.2, 0.25) is 0 Å². The number of aryl methyl sites for hydroxylation is 1. The zero-order chi connectivity index (χ0) is 21.6. The Morgan fingerprint density at radius 2 is 1.62 bits per heavy atom. The number of nitrogens with zero attached hydrogens (tertiary/aromatic N) is 1. The van der Waals surface area contributed by atoms with E-state index >= 15 is 0 Å². The molecule has 1 heterocycles. The molecule has 0 aromatic heterocycles. The number of para-hydroxylation sites is 1. The summed E-state index contributed by atoms with van der Waals surface area (Å²) in [6.45, 7) is 1.63. The van der Waals surface area contributed by atoms with Crippen molar-refractivity contribution in [2.75, 3.05) is 4.90 Å². The second-order valence-electron chi connectivity index (χ2n) is 6.19. The number of nitrogens with one attached hydrogen (secondary N) is 2. The number of imide groups is 1. The van der Waals surface area contributed by atoms with Gasteiger partial charge in [0.1, 0.15) is 5.82 Å². The molecule has 0 unspecified atom stereocenters. The highest BCUT2D eigenvalue weighted by Crippen LogP contribution is 2.37. The Bertz CT molecular complexity index is 1090. The van der Waals surface area contributed by atoms with Crippen molar-refractivity contribution in [1.29, 1.82) is 0 Å². The van der Waals surface area contributed by atoms with Gasteiger partial charge in [0.05, 0.1) is 10.6 Å². The van der Waals surface area contributed by atoms with E-state index in [0.717, 1.165) is 24.3 Å². The number of hydrogen-bond donors (Lipinski definition) is 2. The molecule has 0 saturated carbocycles. The number of rotatable bonds is 4. The molecule has 1 fully saturated rings. The molecule has 2 aromatic carbocycles. The van der Waals surface area contributed by atoms with E-state index in [1.807, 2.05) is 0 Å². The molecule has 3 amide bonds. The molecule has 154 valence electrons. The number of alkyl halides is 3. The third-order valence-electron chi connectivity index (χ3n) is 4.16. The number of urea groups is 1. The Labute approximate surface area is 162 Å². The number of carbonyl (C=O) groups is 2. The summed E-state index contributed by atoms with van der Waals surface area (Å²) < 4.78 is 81.8. The van der Waals surface area contributed by atoms with Crippen molar-refractivity contribution in [2.45, 2.75) is 23.7 Å². The largest absolute Gasteiger partial charge is 0.435 e. The molecule has 0 bridgehead atoms. The van der Waals surface area contributed by atoms with E-state index in [0.29, 0.717) is 5.56 Å². The average molecular weight is 431 g/mol. The van der Waals surface area contributed by atoms with Gasteiger partial charge in [-0.2, -0.15) is 17.9 Å². The molecule has 2 aromatic rings. The molecule has 1 atom stereocenters. The summed E-state index contributed by atoms with van der Waals surface area (Å²) >= 11 is 0. The lowest BCUT2D eigenvalue weighted by Gasteiger charge is -2.29. The van der Waals surface area contributed by atoms with Crippen LogP contribution in [0.5, 0.6) is 0 Å². The smallest absolute Gasteiger partial charge is 0.302 e. The van der Waals surface area contributed by atoms with Gasteiger partial charge in [-0.3, -0.25) is 4.79 Å². The number of sulfonamides is 1. The minimum absolute atomic E-state index is 0.0967.